The van der Waals surface area contributed by atoms with Crippen LogP contribution in [0.2, 0.25) is 0 Å². The van der Waals surface area contributed by atoms with Gasteiger partial charge < -0.3 is 19.1 Å². The zero-order valence-corrected chi connectivity index (χ0v) is 38.7. The summed E-state index contributed by atoms with van der Waals surface area (Å²) in [6.45, 7) is 6.43. The Hall–Kier alpha value is -8.60. The van der Waals surface area contributed by atoms with E-state index in [9.17, 15) is 0 Å². The maximum absolute atomic E-state index is 6.44. The summed E-state index contributed by atoms with van der Waals surface area (Å²) in [5, 5.41) is 2.26. The van der Waals surface area contributed by atoms with E-state index in [0.717, 1.165) is 68.8 Å². The lowest BCUT2D eigenvalue weighted by molar-refractivity contribution is 0.660. The highest BCUT2D eigenvalue weighted by Gasteiger charge is 2.38. The Morgan fingerprint density at radius 1 is 0.391 bits per heavy atom. The molecule has 1 aliphatic carbocycles. The van der Waals surface area contributed by atoms with E-state index in [4.69, 9.17) is 4.42 Å². The van der Waals surface area contributed by atoms with E-state index in [1.807, 2.05) is 12.1 Å². The van der Waals surface area contributed by atoms with Crippen molar-refractivity contribution in [2.45, 2.75) is 19.3 Å². The molecule has 0 amide bonds. The van der Waals surface area contributed by atoms with Crippen LogP contribution in [0.4, 0.5) is 39.8 Å². The number of hydrogen-bond donors (Lipinski definition) is 0. The third kappa shape index (κ3) is 6.82. The van der Waals surface area contributed by atoms with Gasteiger partial charge >= 0.3 is 0 Å². The van der Waals surface area contributed by atoms with Gasteiger partial charge in [-0.2, -0.15) is 0 Å². The molecule has 0 fully saturated rings. The summed E-state index contributed by atoms with van der Waals surface area (Å²) in [6, 6.07) is 86.4. The largest absolute Gasteiger partial charge is 0.456 e. The molecule has 0 radical (unpaired) electrons. The molecule has 69 heavy (non-hydrogen) atoms. The molecule has 11 aromatic rings. The molecule has 2 aliphatic rings. The van der Waals surface area contributed by atoms with Crippen LogP contribution in [-0.4, -0.2) is 13.1 Å². The highest BCUT2D eigenvalue weighted by Crippen LogP contribution is 2.56. The second-order valence-corrected chi connectivity index (χ2v) is 18.8. The molecule has 2 heterocycles. The average molecular weight is 888 g/mol. The third-order valence-corrected chi connectivity index (χ3v) is 14.5. The second-order valence-electron chi connectivity index (χ2n) is 18.8. The molecule has 1 aromatic heterocycles. The third-order valence-electron chi connectivity index (χ3n) is 14.5. The summed E-state index contributed by atoms with van der Waals surface area (Å²) in [6.07, 6.45) is 0. The molecule has 4 heteroatoms. The summed E-state index contributed by atoms with van der Waals surface area (Å²) in [4.78, 5) is 7.52. The summed E-state index contributed by atoms with van der Waals surface area (Å²) in [5.74, 6) is 0. The maximum Gasteiger partial charge on any atom is 0.136 e. The zero-order chi connectivity index (χ0) is 46.1. The van der Waals surface area contributed by atoms with Crippen molar-refractivity contribution in [1.29, 1.82) is 0 Å². The lowest BCUT2D eigenvalue weighted by Crippen LogP contribution is -2.36. The van der Waals surface area contributed by atoms with E-state index < -0.39 is 0 Å². The first-order valence-electron chi connectivity index (χ1n) is 24.0. The minimum Gasteiger partial charge on any atom is -0.456 e. The predicted octanol–water partition coefficient (Wildman–Crippen LogP) is 17.7. The van der Waals surface area contributed by atoms with E-state index in [0.29, 0.717) is 0 Å². The number of nitrogens with zero attached hydrogens (tertiary/aromatic N) is 3. The molecule has 4 nitrogen and oxygen atoms in total. The van der Waals surface area contributed by atoms with Gasteiger partial charge in [0.25, 0.3) is 0 Å². The van der Waals surface area contributed by atoms with Crippen molar-refractivity contribution in [1.82, 2.24) is 0 Å². The molecule has 0 N–H and O–H groups in total. The quantitative estimate of drug-likeness (QED) is 0.152. The lowest BCUT2D eigenvalue weighted by Gasteiger charge is -2.41. The molecule has 0 atom stereocenters. The predicted molar refractivity (Wildman–Crippen MR) is 289 cm³/mol. The SMILES string of the molecule is CC1(C)c2ccccc2-c2cc(-c3cccc4c3N(c3ccccc3)CCN4c3ccccc3)c(N(c3ccc(-c4ccccc4)cc3)c3cccc(-c4ccc5c(c4)oc4ccccc45)c3)cc21. The van der Waals surface area contributed by atoms with Crippen molar-refractivity contribution >= 4 is 61.8 Å². The van der Waals surface area contributed by atoms with Crippen molar-refractivity contribution in [3.8, 4) is 44.5 Å². The summed E-state index contributed by atoms with van der Waals surface area (Å²) >= 11 is 0. The molecular weight excluding hydrogens is 839 g/mol. The van der Waals surface area contributed by atoms with Crippen LogP contribution in [0.15, 0.2) is 241 Å². The smallest absolute Gasteiger partial charge is 0.136 e. The maximum atomic E-state index is 6.44. The minimum atomic E-state index is -0.234. The van der Waals surface area contributed by atoms with Crippen LogP contribution < -0.4 is 14.7 Å². The minimum absolute atomic E-state index is 0.234. The molecule has 0 unspecified atom stereocenters. The number of fused-ring (bicyclic) bond motifs is 7. The number of rotatable bonds is 8. The fourth-order valence-corrected chi connectivity index (χ4v) is 11.2. The van der Waals surface area contributed by atoms with Crippen LogP contribution in [0.25, 0.3) is 66.4 Å². The summed E-state index contributed by atoms with van der Waals surface area (Å²) < 4.78 is 6.44. The van der Waals surface area contributed by atoms with E-state index in [1.165, 1.54) is 61.7 Å². The summed E-state index contributed by atoms with van der Waals surface area (Å²) in [7, 11) is 0. The van der Waals surface area contributed by atoms with Crippen LogP contribution >= 0.6 is 0 Å². The molecule has 13 rings (SSSR count). The van der Waals surface area contributed by atoms with Crippen molar-refractivity contribution in [2.24, 2.45) is 0 Å². The zero-order valence-electron chi connectivity index (χ0n) is 38.7. The van der Waals surface area contributed by atoms with Gasteiger partial charge in [0, 0.05) is 63.2 Å². The molecular formula is C65H49N3O. The first-order chi connectivity index (χ1) is 34.0. The fourth-order valence-electron chi connectivity index (χ4n) is 11.2. The van der Waals surface area contributed by atoms with Gasteiger partial charge in [-0.1, -0.05) is 166 Å². The molecule has 0 saturated heterocycles. The number of hydrogen-bond acceptors (Lipinski definition) is 4. The van der Waals surface area contributed by atoms with Gasteiger partial charge in [0.15, 0.2) is 0 Å². The molecule has 1 aliphatic heterocycles. The van der Waals surface area contributed by atoms with Gasteiger partial charge in [0.2, 0.25) is 0 Å². The lowest BCUT2D eigenvalue weighted by atomic mass is 9.81. The highest BCUT2D eigenvalue weighted by molar-refractivity contribution is 6.06. The Bertz CT molecular complexity index is 3710. The molecule has 0 saturated carbocycles. The van der Waals surface area contributed by atoms with Crippen molar-refractivity contribution in [3.05, 3.63) is 248 Å². The van der Waals surface area contributed by atoms with Gasteiger partial charge in [0.1, 0.15) is 11.2 Å². The second kappa shape index (κ2) is 16.3. The first-order valence-corrected chi connectivity index (χ1v) is 24.0. The molecule has 0 spiro atoms. The van der Waals surface area contributed by atoms with Gasteiger partial charge in [-0.05, 0) is 129 Å². The van der Waals surface area contributed by atoms with Crippen LogP contribution in [0.5, 0.6) is 0 Å². The van der Waals surface area contributed by atoms with Gasteiger partial charge in [0.05, 0.1) is 17.1 Å². The molecule has 10 aromatic carbocycles. The number of anilines is 7. The average Bonchev–Trinajstić information content (AvgIpc) is 3.89. The monoisotopic (exact) mass is 887 g/mol. The van der Waals surface area contributed by atoms with E-state index >= 15 is 0 Å². The standard InChI is InChI=1S/C65H49N3O/c1-65(2)58-29-14-12-26-52(58)56-42-57(55-28-17-30-60-64(55)67(49-23-10-5-11-24-49)39-38-66(60)48-21-8-4-9-22-48)61(43-59(56)65)68(50-35-32-45(33-36-50)44-18-6-3-7-19-44)51-25-16-20-46(40-51)47-34-37-54-53-27-13-15-31-62(53)69-63(54)41-47/h3-37,40-43H,38-39H2,1-2H3. The van der Waals surface area contributed by atoms with E-state index in [1.54, 1.807) is 0 Å². The Labute approximate surface area is 403 Å². The van der Waals surface area contributed by atoms with Crippen LogP contribution in [-0.2, 0) is 5.41 Å². The number of benzene rings is 10. The summed E-state index contributed by atoms with van der Waals surface area (Å²) in [5.41, 5.74) is 21.7. The Balaban J connectivity index is 1.07. The first kappa shape index (κ1) is 40.7. The van der Waals surface area contributed by atoms with Gasteiger partial charge in [-0.3, -0.25) is 0 Å². The van der Waals surface area contributed by atoms with Crippen LogP contribution in [0.3, 0.4) is 0 Å². The Kier molecular flexibility index (Phi) is 9.62. The van der Waals surface area contributed by atoms with Crippen LogP contribution in [0, 0.1) is 0 Å². The van der Waals surface area contributed by atoms with E-state index in [2.05, 4.69) is 253 Å². The van der Waals surface area contributed by atoms with E-state index in [-0.39, 0.29) is 5.41 Å². The van der Waals surface area contributed by atoms with Crippen molar-refractivity contribution in [2.75, 3.05) is 27.8 Å². The van der Waals surface area contributed by atoms with Crippen molar-refractivity contribution < 1.29 is 4.42 Å². The van der Waals surface area contributed by atoms with Gasteiger partial charge in [-0.15, -0.1) is 0 Å². The molecule has 330 valence electrons. The Morgan fingerprint density at radius 2 is 0.986 bits per heavy atom. The number of para-hydroxylation sites is 4. The normalized spacial score (nSPS) is 13.6. The van der Waals surface area contributed by atoms with Gasteiger partial charge in [-0.25, -0.2) is 0 Å². The topological polar surface area (TPSA) is 22.9 Å². The molecule has 0 bridgehead atoms. The highest BCUT2D eigenvalue weighted by atomic mass is 16.3. The Morgan fingerprint density at radius 3 is 1.78 bits per heavy atom. The van der Waals surface area contributed by atoms with Crippen LogP contribution in [0.1, 0.15) is 25.0 Å². The fraction of sp³-hybridized carbons (Fsp3) is 0.0769. The van der Waals surface area contributed by atoms with Crippen molar-refractivity contribution in [3.63, 3.8) is 0 Å². The number of furan rings is 1.